The molecule has 3 rings (SSSR count). The first-order valence-electron chi connectivity index (χ1n) is 7.64. The van der Waals surface area contributed by atoms with Gasteiger partial charge in [-0.25, -0.2) is 13.6 Å². The number of carboxylic acid groups (broad SMARTS) is 1. The first-order valence-corrected chi connectivity index (χ1v) is 7.64. The van der Waals surface area contributed by atoms with Gasteiger partial charge in [0.1, 0.15) is 0 Å². The van der Waals surface area contributed by atoms with Crippen molar-refractivity contribution in [3.63, 3.8) is 0 Å². The van der Waals surface area contributed by atoms with Gasteiger partial charge in [-0.05, 0) is 31.4 Å². The zero-order valence-electron chi connectivity index (χ0n) is 12.7. The van der Waals surface area contributed by atoms with Gasteiger partial charge >= 0.3 is 5.97 Å². The molecule has 1 spiro atoms. The zero-order chi connectivity index (χ0) is 17.5. The van der Waals surface area contributed by atoms with Crippen LogP contribution in [-0.2, 0) is 4.74 Å². The van der Waals surface area contributed by atoms with E-state index in [2.05, 4.69) is 5.32 Å². The minimum Gasteiger partial charge on any atom is -0.478 e. The molecule has 8 heteroatoms. The molecule has 1 aromatic rings. The van der Waals surface area contributed by atoms with Crippen LogP contribution >= 0.6 is 0 Å². The summed E-state index contributed by atoms with van der Waals surface area (Å²) >= 11 is 0. The fourth-order valence-electron chi connectivity index (χ4n) is 3.55. The molecule has 130 valence electrons. The summed E-state index contributed by atoms with van der Waals surface area (Å²) in [5.41, 5.74) is -1.55. The molecule has 2 aliphatic rings. The molecule has 6 nitrogen and oxygen atoms in total. The van der Waals surface area contributed by atoms with E-state index in [4.69, 9.17) is 9.84 Å². The van der Waals surface area contributed by atoms with E-state index in [1.807, 2.05) is 0 Å². The predicted octanol–water partition coefficient (Wildman–Crippen LogP) is 1.32. The number of hydrogen-bond acceptors (Lipinski definition) is 4. The van der Waals surface area contributed by atoms with Gasteiger partial charge in [-0.15, -0.1) is 0 Å². The third-order valence-corrected chi connectivity index (χ3v) is 5.08. The first kappa shape index (κ1) is 16.8. The quantitative estimate of drug-likeness (QED) is 0.771. The van der Waals surface area contributed by atoms with Crippen molar-refractivity contribution in [3.05, 3.63) is 34.9 Å². The Morgan fingerprint density at radius 1 is 1.17 bits per heavy atom. The summed E-state index contributed by atoms with van der Waals surface area (Å²) in [7, 11) is 0. The number of aliphatic hydroxyl groups is 1. The second kappa shape index (κ2) is 6.10. The number of carboxylic acids is 1. The standard InChI is InChI=1S/C16H17F2NO5/c17-10-5-8(9(15(22)23)6-11(10)18)14(21)19-12-7-13(20)16(12)1-3-24-4-2-16/h5-6,12-13,20H,1-4,7H2,(H,19,21)(H,22,23)/t12-,13-/m1/s1. The van der Waals surface area contributed by atoms with E-state index in [1.165, 1.54) is 0 Å². The lowest BCUT2D eigenvalue weighted by Gasteiger charge is -2.55. The lowest BCUT2D eigenvalue weighted by molar-refractivity contribution is -0.145. The molecular formula is C16H17F2NO5. The highest BCUT2D eigenvalue weighted by Crippen LogP contribution is 2.49. The highest BCUT2D eigenvalue weighted by molar-refractivity contribution is 6.05. The third-order valence-electron chi connectivity index (χ3n) is 5.08. The van der Waals surface area contributed by atoms with Crippen molar-refractivity contribution in [1.29, 1.82) is 0 Å². The van der Waals surface area contributed by atoms with Crippen LogP contribution in [0.2, 0.25) is 0 Å². The van der Waals surface area contributed by atoms with Crippen LogP contribution in [0.25, 0.3) is 0 Å². The number of aliphatic hydroxyl groups excluding tert-OH is 1. The summed E-state index contributed by atoms with van der Waals surface area (Å²) in [5.74, 6) is -4.94. The van der Waals surface area contributed by atoms with Crippen LogP contribution in [0.1, 0.15) is 40.0 Å². The van der Waals surface area contributed by atoms with Gasteiger partial charge in [-0.2, -0.15) is 0 Å². The molecule has 24 heavy (non-hydrogen) atoms. The number of rotatable bonds is 3. The molecule has 2 fully saturated rings. The van der Waals surface area contributed by atoms with Gasteiger partial charge in [0.25, 0.3) is 5.91 Å². The largest absolute Gasteiger partial charge is 0.478 e. The molecule has 1 aliphatic carbocycles. The number of nitrogens with one attached hydrogen (secondary N) is 1. The Hall–Kier alpha value is -2.06. The highest BCUT2D eigenvalue weighted by Gasteiger charge is 2.55. The van der Waals surface area contributed by atoms with Gasteiger partial charge in [0, 0.05) is 24.7 Å². The zero-order valence-corrected chi connectivity index (χ0v) is 12.7. The van der Waals surface area contributed by atoms with Crippen molar-refractivity contribution in [2.45, 2.75) is 31.4 Å². The smallest absolute Gasteiger partial charge is 0.336 e. The van der Waals surface area contributed by atoms with Crippen molar-refractivity contribution in [3.8, 4) is 0 Å². The lowest BCUT2D eigenvalue weighted by atomic mass is 9.58. The Kier molecular flexibility index (Phi) is 4.27. The van der Waals surface area contributed by atoms with Crippen LogP contribution in [0.15, 0.2) is 12.1 Å². The number of halogens is 2. The molecule has 0 aromatic heterocycles. The summed E-state index contributed by atoms with van der Waals surface area (Å²) in [6, 6.07) is 0.713. The molecule has 2 atom stereocenters. The minimum atomic E-state index is -1.52. The van der Waals surface area contributed by atoms with E-state index in [9.17, 15) is 23.5 Å². The van der Waals surface area contributed by atoms with Crippen LogP contribution in [-0.4, -0.2) is 47.4 Å². The lowest BCUT2D eigenvalue weighted by Crippen LogP contribution is -2.65. The molecule has 0 bridgehead atoms. The summed E-state index contributed by atoms with van der Waals surface area (Å²) in [5, 5.41) is 21.8. The normalized spacial score (nSPS) is 25.1. The van der Waals surface area contributed by atoms with E-state index < -0.39 is 46.2 Å². The molecule has 1 saturated heterocycles. The SMILES string of the molecule is O=C(O)c1cc(F)c(F)cc1C(=O)N[C@@H]1C[C@@H](O)C12CCOCC2. The predicted molar refractivity (Wildman–Crippen MR) is 77.7 cm³/mol. The van der Waals surface area contributed by atoms with Crippen molar-refractivity contribution >= 4 is 11.9 Å². The molecule has 1 aromatic carbocycles. The number of carbonyl (C=O) groups excluding carboxylic acids is 1. The Labute approximate surface area is 136 Å². The average molecular weight is 341 g/mol. The molecule has 3 N–H and O–H groups in total. The molecule has 1 saturated carbocycles. The van der Waals surface area contributed by atoms with E-state index >= 15 is 0 Å². The maximum absolute atomic E-state index is 13.4. The van der Waals surface area contributed by atoms with E-state index in [0.717, 1.165) is 0 Å². The summed E-state index contributed by atoms with van der Waals surface area (Å²) in [4.78, 5) is 23.6. The summed E-state index contributed by atoms with van der Waals surface area (Å²) in [6.07, 6.45) is 0.902. The molecule has 0 radical (unpaired) electrons. The summed E-state index contributed by atoms with van der Waals surface area (Å²) in [6.45, 7) is 0.934. The monoisotopic (exact) mass is 341 g/mol. The van der Waals surface area contributed by atoms with Gasteiger partial charge in [0.2, 0.25) is 0 Å². The van der Waals surface area contributed by atoms with E-state index in [1.54, 1.807) is 0 Å². The molecular weight excluding hydrogens is 324 g/mol. The van der Waals surface area contributed by atoms with Crippen LogP contribution in [0.3, 0.4) is 0 Å². The second-order valence-corrected chi connectivity index (χ2v) is 6.24. The number of hydrogen-bond donors (Lipinski definition) is 3. The Morgan fingerprint density at radius 3 is 2.29 bits per heavy atom. The van der Waals surface area contributed by atoms with E-state index in [0.29, 0.717) is 44.6 Å². The number of benzene rings is 1. The van der Waals surface area contributed by atoms with Crippen LogP contribution in [0, 0.1) is 17.0 Å². The second-order valence-electron chi connectivity index (χ2n) is 6.24. The molecule has 1 amide bonds. The Bertz CT molecular complexity index is 687. The highest BCUT2D eigenvalue weighted by atomic mass is 19.2. The average Bonchev–Trinajstić information content (AvgIpc) is 2.57. The number of amides is 1. The number of aromatic carboxylic acids is 1. The summed E-state index contributed by atoms with van der Waals surface area (Å²) < 4.78 is 31.9. The van der Waals surface area contributed by atoms with Gasteiger partial charge in [-0.1, -0.05) is 0 Å². The Morgan fingerprint density at radius 2 is 1.75 bits per heavy atom. The fraction of sp³-hybridized carbons (Fsp3) is 0.500. The first-order chi connectivity index (χ1) is 11.3. The number of carbonyl (C=O) groups is 2. The molecule has 1 heterocycles. The topological polar surface area (TPSA) is 95.9 Å². The van der Waals surface area contributed by atoms with E-state index in [-0.39, 0.29) is 6.04 Å². The van der Waals surface area contributed by atoms with Gasteiger partial charge in [0.15, 0.2) is 11.6 Å². The molecule has 0 unspecified atom stereocenters. The third kappa shape index (κ3) is 2.65. The van der Waals surface area contributed by atoms with Crippen LogP contribution < -0.4 is 5.32 Å². The van der Waals surface area contributed by atoms with Crippen LogP contribution in [0.4, 0.5) is 8.78 Å². The van der Waals surface area contributed by atoms with Crippen molar-refractivity contribution in [2.75, 3.05) is 13.2 Å². The maximum atomic E-state index is 13.4. The van der Waals surface area contributed by atoms with Gasteiger partial charge in [-0.3, -0.25) is 4.79 Å². The molecule has 1 aliphatic heterocycles. The minimum absolute atomic E-state index is 0.331. The van der Waals surface area contributed by atoms with Crippen molar-refractivity contribution in [1.82, 2.24) is 5.32 Å². The van der Waals surface area contributed by atoms with Crippen molar-refractivity contribution < 1.29 is 33.3 Å². The van der Waals surface area contributed by atoms with Crippen molar-refractivity contribution in [2.24, 2.45) is 5.41 Å². The van der Waals surface area contributed by atoms with Crippen LogP contribution in [0.5, 0.6) is 0 Å². The van der Waals surface area contributed by atoms with Gasteiger partial charge in [0.05, 0.1) is 17.2 Å². The maximum Gasteiger partial charge on any atom is 0.336 e. The van der Waals surface area contributed by atoms with Gasteiger partial charge < -0.3 is 20.3 Å². The number of ether oxygens (including phenoxy) is 1. The fourth-order valence-corrected chi connectivity index (χ4v) is 3.55. The Balaban J connectivity index is 1.83.